The molecule has 2 heterocycles. The number of halogens is 1. The fraction of sp³-hybridized carbons (Fsp3) is 0. The number of phenols is 1. The van der Waals surface area contributed by atoms with E-state index in [1.165, 1.54) is 0 Å². The molecular formula is C23H16BrN2O+. The van der Waals surface area contributed by atoms with Crippen LogP contribution in [0.25, 0.3) is 22.0 Å². The maximum Gasteiger partial charge on any atom is 0.211 e. The minimum atomic E-state index is 0.245. The number of hydrogen-bond acceptors (Lipinski definition) is 1. The maximum atomic E-state index is 10.7. The van der Waals surface area contributed by atoms with Crippen molar-refractivity contribution in [2.75, 3.05) is 0 Å². The van der Waals surface area contributed by atoms with Gasteiger partial charge in [-0.15, -0.1) is 0 Å². The zero-order valence-corrected chi connectivity index (χ0v) is 15.9. The Morgan fingerprint density at radius 3 is 2.63 bits per heavy atom. The van der Waals surface area contributed by atoms with Crippen molar-refractivity contribution < 1.29 is 10.1 Å². The summed E-state index contributed by atoms with van der Waals surface area (Å²) in [5.74, 6) is 0.245. The number of H-pyrrole nitrogens is 1. The molecule has 0 bridgehead atoms. The smallest absolute Gasteiger partial charge is 0.211 e. The highest BCUT2D eigenvalue weighted by atomic mass is 79.9. The van der Waals surface area contributed by atoms with Crippen LogP contribution in [0.1, 0.15) is 16.7 Å². The summed E-state index contributed by atoms with van der Waals surface area (Å²) in [6.45, 7) is 0. The van der Waals surface area contributed by atoms with E-state index in [1.54, 1.807) is 6.07 Å². The monoisotopic (exact) mass is 415 g/mol. The summed E-state index contributed by atoms with van der Waals surface area (Å²) in [6, 6.07) is 22.1. The summed E-state index contributed by atoms with van der Waals surface area (Å²) in [5.41, 5.74) is 7.19. The molecule has 1 aromatic heterocycles. The van der Waals surface area contributed by atoms with Gasteiger partial charge in [-0.25, -0.2) is 4.99 Å². The Labute approximate surface area is 164 Å². The van der Waals surface area contributed by atoms with Crippen LogP contribution in [-0.2, 0) is 0 Å². The molecule has 0 unspecified atom stereocenters. The molecule has 0 amide bonds. The van der Waals surface area contributed by atoms with Crippen molar-refractivity contribution in [1.29, 1.82) is 0 Å². The summed E-state index contributed by atoms with van der Waals surface area (Å²) >= 11 is 3.44. The van der Waals surface area contributed by atoms with Crippen molar-refractivity contribution in [3.63, 3.8) is 0 Å². The Bertz CT molecular complexity index is 1250. The van der Waals surface area contributed by atoms with Gasteiger partial charge in [-0.2, -0.15) is 0 Å². The number of rotatable bonds is 2. The lowest BCUT2D eigenvalue weighted by atomic mass is 9.89. The third-order valence-corrected chi connectivity index (χ3v) is 5.44. The number of para-hydroxylation sites is 2. The lowest BCUT2D eigenvalue weighted by molar-refractivity contribution is -0.342. The number of hydrogen-bond donors (Lipinski definition) is 3. The van der Waals surface area contributed by atoms with Crippen LogP contribution >= 0.6 is 15.9 Å². The number of aromatic amines is 1. The highest BCUT2D eigenvalue weighted by Crippen LogP contribution is 2.41. The molecule has 0 saturated heterocycles. The predicted molar refractivity (Wildman–Crippen MR) is 113 cm³/mol. The predicted octanol–water partition coefficient (Wildman–Crippen LogP) is 4.39. The van der Waals surface area contributed by atoms with Crippen LogP contribution in [0.3, 0.4) is 0 Å². The van der Waals surface area contributed by atoms with Gasteiger partial charge in [0, 0.05) is 44.3 Å². The van der Waals surface area contributed by atoms with Gasteiger partial charge in [-0.1, -0.05) is 46.3 Å². The largest absolute Gasteiger partial charge is 0.507 e. The van der Waals surface area contributed by atoms with E-state index >= 15 is 0 Å². The number of allylic oxidation sites excluding steroid dienone is 1. The van der Waals surface area contributed by atoms with Gasteiger partial charge < -0.3 is 10.1 Å². The number of benzene rings is 3. The van der Waals surface area contributed by atoms with E-state index in [0.29, 0.717) is 0 Å². The van der Waals surface area contributed by atoms with Crippen LogP contribution in [-0.4, -0.2) is 16.3 Å². The molecule has 3 aromatic carbocycles. The van der Waals surface area contributed by atoms with E-state index in [0.717, 1.165) is 48.9 Å². The molecule has 0 spiro atoms. The molecule has 4 heteroatoms. The van der Waals surface area contributed by atoms with Gasteiger partial charge in [0.25, 0.3) is 0 Å². The van der Waals surface area contributed by atoms with Crippen LogP contribution in [0.15, 0.2) is 77.4 Å². The number of aromatic nitrogens is 1. The normalized spacial score (nSPS) is 14.6. The van der Waals surface area contributed by atoms with Crippen molar-refractivity contribution in [2.45, 2.75) is 0 Å². The highest BCUT2D eigenvalue weighted by molar-refractivity contribution is 9.10. The van der Waals surface area contributed by atoms with Gasteiger partial charge in [-0.3, -0.25) is 0 Å². The average Bonchev–Trinajstić information content (AvgIpc) is 3.29. The third kappa shape index (κ3) is 2.61. The molecule has 0 atom stereocenters. The first-order valence-corrected chi connectivity index (χ1v) is 9.50. The van der Waals surface area contributed by atoms with Gasteiger partial charge in [0.1, 0.15) is 5.75 Å². The maximum absolute atomic E-state index is 10.7. The van der Waals surface area contributed by atoms with Gasteiger partial charge in [0.05, 0.1) is 11.1 Å². The van der Waals surface area contributed by atoms with Crippen molar-refractivity contribution >= 4 is 49.9 Å². The van der Waals surface area contributed by atoms with E-state index < -0.39 is 0 Å². The van der Waals surface area contributed by atoms with Crippen LogP contribution in [0.5, 0.6) is 5.75 Å². The number of phenolic OH excluding ortho intramolecular Hbond substituents is 1. The fourth-order valence-electron chi connectivity index (χ4n) is 3.71. The van der Waals surface area contributed by atoms with Gasteiger partial charge in [-0.05, 0) is 30.3 Å². The number of aromatic hydroxyl groups is 1. The minimum absolute atomic E-state index is 0.245. The molecular weight excluding hydrogens is 400 g/mol. The molecule has 0 radical (unpaired) electrons. The molecule has 1 aliphatic rings. The first-order chi connectivity index (χ1) is 13.2. The minimum Gasteiger partial charge on any atom is -0.507 e. The molecule has 1 aliphatic heterocycles. The lowest BCUT2D eigenvalue weighted by Gasteiger charge is -2.12. The molecule has 27 heavy (non-hydrogen) atoms. The quantitative estimate of drug-likeness (QED) is 0.446. The molecule has 0 saturated carbocycles. The van der Waals surface area contributed by atoms with E-state index in [1.807, 2.05) is 48.8 Å². The van der Waals surface area contributed by atoms with Gasteiger partial charge in [0.2, 0.25) is 5.69 Å². The molecule has 3 nitrogen and oxygen atoms in total. The standard InChI is InChI=1S/C23H15BrN2O/c24-14-9-10-17(22(27)11-14)23(18-12-25-20-7-3-1-5-15(18)20)19-13-26-21-8-4-2-6-16(19)21/h1-13,25,27H/p+1. The van der Waals surface area contributed by atoms with Crippen LogP contribution in [0.2, 0.25) is 0 Å². The lowest BCUT2D eigenvalue weighted by Crippen LogP contribution is -2.58. The van der Waals surface area contributed by atoms with Crippen molar-refractivity contribution in [3.8, 4) is 5.75 Å². The van der Waals surface area contributed by atoms with Crippen molar-refractivity contribution in [2.24, 2.45) is 0 Å². The second-order valence-electron chi connectivity index (χ2n) is 6.53. The summed E-state index contributed by atoms with van der Waals surface area (Å²) < 4.78 is 0.848. The molecule has 3 N–H and O–H groups in total. The van der Waals surface area contributed by atoms with E-state index in [-0.39, 0.29) is 5.75 Å². The summed E-state index contributed by atoms with van der Waals surface area (Å²) in [7, 11) is 0. The third-order valence-electron chi connectivity index (χ3n) is 4.95. The number of fused-ring (bicyclic) bond motifs is 2. The Morgan fingerprint density at radius 2 is 1.74 bits per heavy atom. The Kier molecular flexibility index (Phi) is 3.73. The van der Waals surface area contributed by atoms with Gasteiger partial charge >= 0.3 is 0 Å². The second-order valence-corrected chi connectivity index (χ2v) is 7.45. The second kappa shape index (κ2) is 6.25. The van der Waals surface area contributed by atoms with Crippen LogP contribution < -0.4 is 4.99 Å². The average molecular weight is 416 g/mol. The SMILES string of the molecule is Oc1cc(Br)ccc1C(=C1C=[NH+]c2ccccc21)c1c[nH]c2ccccc12. The van der Waals surface area contributed by atoms with E-state index in [4.69, 9.17) is 0 Å². The van der Waals surface area contributed by atoms with E-state index in [9.17, 15) is 5.11 Å². The molecule has 4 aromatic rings. The van der Waals surface area contributed by atoms with Crippen molar-refractivity contribution in [3.05, 3.63) is 94.1 Å². The molecule has 0 aliphatic carbocycles. The van der Waals surface area contributed by atoms with Gasteiger partial charge in [0.15, 0.2) is 6.21 Å². The molecule has 0 fully saturated rings. The highest BCUT2D eigenvalue weighted by Gasteiger charge is 2.26. The Morgan fingerprint density at radius 1 is 0.926 bits per heavy atom. The van der Waals surface area contributed by atoms with Crippen LogP contribution in [0.4, 0.5) is 5.69 Å². The zero-order valence-electron chi connectivity index (χ0n) is 14.3. The summed E-state index contributed by atoms with van der Waals surface area (Å²) in [4.78, 5) is 6.71. The fourth-order valence-corrected chi connectivity index (χ4v) is 4.06. The summed E-state index contributed by atoms with van der Waals surface area (Å²) in [6.07, 6.45) is 4.03. The van der Waals surface area contributed by atoms with Crippen molar-refractivity contribution in [1.82, 2.24) is 4.98 Å². The first-order valence-electron chi connectivity index (χ1n) is 8.71. The Balaban J connectivity index is 1.88. The number of nitrogens with one attached hydrogen (secondary N) is 2. The zero-order chi connectivity index (χ0) is 18.4. The summed E-state index contributed by atoms with van der Waals surface area (Å²) in [5, 5.41) is 11.9. The van der Waals surface area contributed by atoms with Crippen LogP contribution in [0, 0.1) is 0 Å². The van der Waals surface area contributed by atoms with E-state index in [2.05, 4.69) is 50.2 Å². The topological polar surface area (TPSA) is 50.0 Å². The molecule has 130 valence electrons. The molecule has 5 rings (SSSR count). The first kappa shape index (κ1) is 16.1. The Hall–Kier alpha value is -3.11.